The molecule has 0 spiro atoms. The summed E-state index contributed by atoms with van der Waals surface area (Å²) in [5, 5.41) is 14.6. The highest BCUT2D eigenvalue weighted by atomic mass is 16.5. The third-order valence-corrected chi connectivity index (χ3v) is 6.98. The summed E-state index contributed by atoms with van der Waals surface area (Å²) in [7, 11) is 1.68. The Kier molecular flexibility index (Phi) is 8.59. The Hall–Kier alpha value is -2.42. The Morgan fingerprint density at radius 3 is 2.79 bits per heavy atom. The van der Waals surface area contributed by atoms with Crippen LogP contribution in [-0.2, 0) is 6.54 Å². The minimum Gasteiger partial charge on any atom is -0.493 e. The third kappa shape index (κ3) is 6.81. The van der Waals surface area contributed by atoms with Crippen molar-refractivity contribution in [2.75, 3.05) is 57.9 Å². The van der Waals surface area contributed by atoms with Crippen LogP contribution < -0.4 is 19.7 Å². The monoisotopic (exact) mass is 469 g/mol. The minimum atomic E-state index is -0.796. The van der Waals surface area contributed by atoms with Crippen LogP contribution in [0.1, 0.15) is 38.2 Å². The summed E-state index contributed by atoms with van der Waals surface area (Å²) in [4.78, 5) is 13.1. The van der Waals surface area contributed by atoms with Crippen LogP contribution in [0.15, 0.2) is 36.8 Å². The average Bonchev–Trinajstić information content (AvgIpc) is 2.86. The predicted molar refractivity (Wildman–Crippen MR) is 133 cm³/mol. The van der Waals surface area contributed by atoms with Crippen molar-refractivity contribution in [2.24, 2.45) is 5.92 Å². The molecular formula is C26H39N5O3. The number of methoxy groups -OCH3 is 1. The number of aromatic nitrogens is 2. The Morgan fingerprint density at radius 1 is 1.18 bits per heavy atom. The first-order chi connectivity index (χ1) is 16.5. The predicted octanol–water partition coefficient (Wildman–Crippen LogP) is 2.72. The van der Waals surface area contributed by atoms with Gasteiger partial charge in [0.2, 0.25) is 0 Å². The average molecular weight is 470 g/mol. The molecule has 3 heterocycles. The van der Waals surface area contributed by atoms with Gasteiger partial charge in [0.05, 0.1) is 18.9 Å². The van der Waals surface area contributed by atoms with Gasteiger partial charge >= 0.3 is 0 Å². The summed E-state index contributed by atoms with van der Waals surface area (Å²) in [6.07, 6.45) is 9.35. The van der Waals surface area contributed by atoms with Gasteiger partial charge in [-0.3, -0.25) is 9.88 Å². The van der Waals surface area contributed by atoms with Crippen LogP contribution in [0, 0.1) is 5.92 Å². The van der Waals surface area contributed by atoms with Crippen molar-refractivity contribution in [2.45, 2.75) is 44.8 Å². The second kappa shape index (κ2) is 11.8. The molecule has 2 aromatic rings. The van der Waals surface area contributed by atoms with Crippen molar-refractivity contribution in [1.82, 2.24) is 20.2 Å². The summed E-state index contributed by atoms with van der Waals surface area (Å²) in [6.45, 7) is 8.86. The molecule has 2 aliphatic rings. The minimum absolute atomic E-state index is 0.513. The van der Waals surface area contributed by atoms with Gasteiger partial charge in [0.25, 0.3) is 0 Å². The number of hydrogen-bond acceptors (Lipinski definition) is 8. The van der Waals surface area contributed by atoms with E-state index in [1.54, 1.807) is 25.7 Å². The first kappa shape index (κ1) is 24.7. The molecule has 2 saturated heterocycles. The lowest BCUT2D eigenvalue weighted by Gasteiger charge is -2.39. The molecule has 2 N–H and O–H groups in total. The van der Waals surface area contributed by atoms with Crippen molar-refractivity contribution in [1.29, 1.82) is 0 Å². The molecule has 0 aliphatic carbocycles. The van der Waals surface area contributed by atoms with Gasteiger partial charge in [-0.1, -0.05) is 13.0 Å². The van der Waals surface area contributed by atoms with E-state index in [0.717, 1.165) is 67.8 Å². The maximum absolute atomic E-state index is 11.1. The van der Waals surface area contributed by atoms with Crippen LogP contribution in [0.25, 0.3) is 0 Å². The Bertz CT molecular complexity index is 891. The van der Waals surface area contributed by atoms with Crippen molar-refractivity contribution in [3.8, 4) is 11.5 Å². The van der Waals surface area contributed by atoms with Gasteiger partial charge in [-0.15, -0.1) is 0 Å². The fourth-order valence-electron chi connectivity index (χ4n) is 4.86. The van der Waals surface area contributed by atoms with E-state index in [0.29, 0.717) is 26.2 Å². The Morgan fingerprint density at radius 2 is 2.03 bits per heavy atom. The van der Waals surface area contributed by atoms with Gasteiger partial charge in [-0.05, 0) is 62.4 Å². The second-order valence-corrected chi connectivity index (χ2v) is 9.77. The number of likely N-dealkylation sites (tertiary alicyclic amines) is 1. The largest absolute Gasteiger partial charge is 0.493 e. The van der Waals surface area contributed by atoms with Crippen LogP contribution in [0.4, 0.5) is 5.82 Å². The molecule has 4 rings (SSSR count). The van der Waals surface area contributed by atoms with Crippen LogP contribution in [0.2, 0.25) is 0 Å². The Labute approximate surface area is 203 Å². The van der Waals surface area contributed by atoms with E-state index in [-0.39, 0.29) is 0 Å². The fourth-order valence-corrected chi connectivity index (χ4v) is 4.86. The van der Waals surface area contributed by atoms with E-state index in [4.69, 9.17) is 9.47 Å². The van der Waals surface area contributed by atoms with Crippen molar-refractivity contribution >= 4 is 5.82 Å². The van der Waals surface area contributed by atoms with Gasteiger partial charge in [0.1, 0.15) is 12.4 Å². The summed E-state index contributed by atoms with van der Waals surface area (Å²) in [5.41, 5.74) is 0.300. The van der Waals surface area contributed by atoms with Crippen molar-refractivity contribution in [3.63, 3.8) is 0 Å². The van der Waals surface area contributed by atoms with E-state index in [9.17, 15) is 5.11 Å². The van der Waals surface area contributed by atoms with Gasteiger partial charge in [0, 0.05) is 45.1 Å². The number of rotatable bonds is 10. The van der Waals surface area contributed by atoms with Crippen LogP contribution in [0.3, 0.4) is 0 Å². The molecule has 0 radical (unpaired) electrons. The molecule has 1 unspecified atom stereocenters. The summed E-state index contributed by atoms with van der Waals surface area (Å²) in [6, 6.07) is 6.06. The molecule has 0 amide bonds. The zero-order valence-electron chi connectivity index (χ0n) is 20.6. The normalized spacial score (nSPS) is 22.0. The first-order valence-corrected chi connectivity index (χ1v) is 12.5. The summed E-state index contributed by atoms with van der Waals surface area (Å²) >= 11 is 0. The number of anilines is 1. The summed E-state index contributed by atoms with van der Waals surface area (Å²) in [5.74, 6) is 3.18. The molecule has 34 heavy (non-hydrogen) atoms. The lowest BCUT2D eigenvalue weighted by molar-refractivity contribution is 0.0258. The lowest BCUT2D eigenvalue weighted by Crippen LogP contribution is -2.53. The molecule has 0 bridgehead atoms. The number of ether oxygens (including phenoxy) is 2. The molecule has 2 fully saturated rings. The second-order valence-electron chi connectivity index (χ2n) is 9.77. The molecular weight excluding hydrogens is 430 g/mol. The standard InChI is InChI=1S/C26H39N5O3/c1-21-6-12-30(13-7-21)14-15-34-23-5-4-22(16-24(23)33-2)17-28-19-26(32)8-3-11-31(20-26)25-18-27-9-10-29-25/h4-5,9-10,16,18,21,28,32H,3,6-8,11-15,17,19-20H2,1-2H3. The smallest absolute Gasteiger partial charge is 0.161 e. The molecule has 1 aromatic heterocycles. The van der Waals surface area contributed by atoms with E-state index < -0.39 is 5.60 Å². The molecule has 1 atom stereocenters. The number of piperidine rings is 2. The molecule has 2 aliphatic heterocycles. The van der Waals surface area contributed by atoms with Crippen molar-refractivity contribution in [3.05, 3.63) is 42.4 Å². The molecule has 8 heteroatoms. The van der Waals surface area contributed by atoms with Gasteiger partial charge in [-0.25, -0.2) is 4.98 Å². The number of hydrogen-bond donors (Lipinski definition) is 2. The third-order valence-electron chi connectivity index (χ3n) is 6.98. The molecule has 1 aromatic carbocycles. The zero-order valence-corrected chi connectivity index (χ0v) is 20.6. The highest BCUT2D eigenvalue weighted by Gasteiger charge is 2.33. The first-order valence-electron chi connectivity index (χ1n) is 12.5. The molecule has 8 nitrogen and oxygen atoms in total. The van der Waals surface area contributed by atoms with Crippen LogP contribution in [-0.4, -0.2) is 78.6 Å². The van der Waals surface area contributed by atoms with Crippen molar-refractivity contribution < 1.29 is 14.6 Å². The number of nitrogens with zero attached hydrogens (tertiary/aromatic N) is 4. The van der Waals surface area contributed by atoms with Crippen LogP contribution >= 0.6 is 0 Å². The van der Waals surface area contributed by atoms with Gasteiger partial charge < -0.3 is 24.8 Å². The van der Waals surface area contributed by atoms with E-state index in [1.807, 2.05) is 12.1 Å². The zero-order chi connectivity index (χ0) is 23.8. The topological polar surface area (TPSA) is 83.0 Å². The quantitative estimate of drug-likeness (QED) is 0.550. The maximum Gasteiger partial charge on any atom is 0.161 e. The fraction of sp³-hybridized carbons (Fsp3) is 0.615. The number of benzene rings is 1. The highest BCUT2D eigenvalue weighted by Crippen LogP contribution is 2.29. The number of β-amino-alcohol motifs (C(OH)–C–C–N with tert-alkyl or cyclic N) is 1. The Balaban J connectivity index is 1.24. The number of aliphatic hydroxyl groups is 1. The molecule has 186 valence electrons. The SMILES string of the molecule is COc1cc(CNCC2(O)CCCN(c3cnccn3)C2)ccc1OCCN1CCC(C)CC1. The number of nitrogens with one attached hydrogen (secondary N) is 1. The van der Waals surface area contributed by atoms with Crippen LogP contribution in [0.5, 0.6) is 11.5 Å². The van der Waals surface area contributed by atoms with E-state index in [2.05, 4.69) is 38.1 Å². The van der Waals surface area contributed by atoms with E-state index in [1.165, 1.54) is 12.8 Å². The van der Waals surface area contributed by atoms with E-state index >= 15 is 0 Å². The summed E-state index contributed by atoms with van der Waals surface area (Å²) < 4.78 is 11.6. The molecule has 0 saturated carbocycles. The van der Waals surface area contributed by atoms with Gasteiger partial charge in [0.15, 0.2) is 11.5 Å². The van der Waals surface area contributed by atoms with Gasteiger partial charge in [-0.2, -0.15) is 0 Å². The lowest BCUT2D eigenvalue weighted by atomic mass is 9.92. The highest BCUT2D eigenvalue weighted by molar-refractivity contribution is 5.43. The maximum atomic E-state index is 11.1.